The van der Waals surface area contributed by atoms with Gasteiger partial charge in [0, 0.05) is 0 Å². The minimum atomic E-state index is -0.511. The summed E-state index contributed by atoms with van der Waals surface area (Å²) in [7, 11) is 1.28. The zero-order chi connectivity index (χ0) is 18.4. The monoisotopic (exact) mass is 425 g/mol. The average Bonchev–Trinajstić information content (AvgIpc) is 2.61. The Balaban J connectivity index is 2.02. The van der Waals surface area contributed by atoms with Gasteiger partial charge in [-0.1, -0.05) is 24.6 Å². The van der Waals surface area contributed by atoms with Gasteiger partial charge in [-0.15, -0.1) is 0 Å². The van der Waals surface area contributed by atoms with Crippen molar-refractivity contribution < 1.29 is 19.1 Å². The van der Waals surface area contributed by atoms with Crippen molar-refractivity contribution in [2.45, 2.75) is 13.3 Å². The number of carbonyl (C=O) groups is 2. The van der Waals surface area contributed by atoms with E-state index in [9.17, 15) is 9.59 Å². The summed E-state index contributed by atoms with van der Waals surface area (Å²) in [6, 6.07) is 10.2. The van der Waals surface area contributed by atoms with Crippen LogP contribution in [0.25, 0.3) is 0 Å². The molecule has 0 unspecified atom stereocenters. The Labute approximate surface area is 159 Å². The molecule has 0 aliphatic carbocycles. The number of nitrogens with one attached hydrogen (secondary N) is 1. The van der Waals surface area contributed by atoms with Gasteiger partial charge >= 0.3 is 5.97 Å². The molecule has 0 bridgehead atoms. The number of rotatable bonds is 6. The highest BCUT2D eigenvalue weighted by Gasteiger charge is 2.12. The molecule has 5 nitrogen and oxygen atoms in total. The smallest absolute Gasteiger partial charge is 0.337 e. The predicted octanol–water partition coefficient (Wildman–Crippen LogP) is 4.47. The van der Waals surface area contributed by atoms with Crippen molar-refractivity contribution in [2.24, 2.45) is 0 Å². The molecule has 0 saturated heterocycles. The number of aryl methyl sites for hydroxylation is 1. The highest BCUT2D eigenvalue weighted by Crippen LogP contribution is 2.27. The lowest BCUT2D eigenvalue weighted by molar-refractivity contribution is -0.118. The lowest BCUT2D eigenvalue weighted by Gasteiger charge is -2.11. The fourth-order valence-corrected chi connectivity index (χ4v) is 2.78. The first kappa shape index (κ1) is 19.3. The van der Waals surface area contributed by atoms with Crippen molar-refractivity contribution in [3.8, 4) is 5.75 Å². The summed E-state index contributed by atoms with van der Waals surface area (Å²) < 4.78 is 10.9. The summed E-state index contributed by atoms with van der Waals surface area (Å²) in [4.78, 5) is 23.7. The minimum Gasteiger partial charge on any atom is -0.483 e. The van der Waals surface area contributed by atoms with Crippen LogP contribution in [0, 0.1) is 0 Å². The maximum absolute atomic E-state index is 12.1. The van der Waals surface area contributed by atoms with Crippen molar-refractivity contribution >= 4 is 45.1 Å². The van der Waals surface area contributed by atoms with Gasteiger partial charge in [-0.3, -0.25) is 4.79 Å². The summed E-state index contributed by atoms with van der Waals surface area (Å²) >= 11 is 9.47. The lowest BCUT2D eigenvalue weighted by Crippen LogP contribution is -2.20. The zero-order valence-corrected chi connectivity index (χ0v) is 16.1. The van der Waals surface area contributed by atoms with Crippen molar-refractivity contribution in [1.29, 1.82) is 0 Å². The molecule has 25 heavy (non-hydrogen) atoms. The SMILES string of the molecule is CCc1ccc(OCC(=O)Nc2cc(C(=O)OC)ccc2Cl)c(Br)c1. The second-order valence-electron chi connectivity index (χ2n) is 5.14. The Morgan fingerprint density at radius 2 is 1.96 bits per heavy atom. The second-order valence-corrected chi connectivity index (χ2v) is 6.40. The van der Waals surface area contributed by atoms with E-state index < -0.39 is 11.9 Å². The average molecular weight is 427 g/mol. The Morgan fingerprint density at radius 1 is 1.20 bits per heavy atom. The molecule has 7 heteroatoms. The maximum atomic E-state index is 12.1. The highest BCUT2D eigenvalue weighted by molar-refractivity contribution is 9.10. The second kappa shape index (κ2) is 8.87. The Hall–Kier alpha value is -2.05. The van der Waals surface area contributed by atoms with Crippen LogP contribution >= 0.6 is 27.5 Å². The van der Waals surface area contributed by atoms with E-state index in [-0.39, 0.29) is 6.61 Å². The molecule has 0 fully saturated rings. The fourth-order valence-electron chi connectivity index (χ4n) is 2.08. The molecule has 0 atom stereocenters. The van der Waals surface area contributed by atoms with Crippen molar-refractivity contribution in [3.63, 3.8) is 0 Å². The quantitative estimate of drug-likeness (QED) is 0.692. The Kier molecular flexibility index (Phi) is 6.84. The van der Waals surface area contributed by atoms with Crippen LogP contribution in [-0.4, -0.2) is 25.6 Å². The van der Waals surface area contributed by atoms with Crippen LogP contribution in [0.3, 0.4) is 0 Å². The van der Waals surface area contributed by atoms with E-state index in [4.69, 9.17) is 16.3 Å². The van der Waals surface area contributed by atoms with Gasteiger partial charge in [-0.05, 0) is 58.2 Å². The number of halogens is 2. The molecule has 1 amide bonds. The summed E-state index contributed by atoms with van der Waals surface area (Å²) in [5.74, 6) is -0.333. The number of esters is 1. The molecule has 2 rings (SSSR count). The van der Waals surface area contributed by atoms with Gasteiger partial charge in [0.25, 0.3) is 5.91 Å². The summed E-state index contributed by atoms with van der Waals surface area (Å²) in [6.45, 7) is 1.87. The molecule has 0 heterocycles. The van der Waals surface area contributed by atoms with Crippen molar-refractivity contribution in [2.75, 3.05) is 19.0 Å². The molecule has 2 aromatic rings. The van der Waals surface area contributed by atoms with Crippen LogP contribution in [0.4, 0.5) is 5.69 Å². The van der Waals surface area contributed by atoms with Crippen LogP contribution in [0.15, 0.2) is 40.9 Å². The molecule has 0 aromatic heterocycles. The number of ether oxygens (including phenoxy) is 2. The highest BCUT2D eigenvalue weighted by atomic mass is 79.9. The Bertz CT molecular complexity index is 795. The molecule has 0 spiro atoms. The summed E-state index contributed by atoms with van der Waals surface area (Å²) in [5, 5.41) is 2.94. The predicted molar refractivity (Wildman–Crippen MR) is 100 cm³/mol. The number of hydrogen-bond acceptors (Lipinski definition) is 4. The number of benzene rings is 2. The van der Waals surface area contributed by atoms with E-state index >= 15 is 0 Å². The number of amides is 1. The molecular formula is C18H17BrClNO4. The molecular weight excluding hydrogens is 410 g/mol. The third-order valence-electron chi connectivity index (χ3n) is 3.42. The molecule has 0 aliphatic heterocycles. The van der Waals surface area contributed by atoms with Gasteiger partial charge in [0.05, 0.1) is 27.9 Å². The first-order valence-corrected chi connectivity index (χ1v) is 8.70. The number of carbonyl (C=O) groups excluding carboxylic acids is 2. The largest absolute Gasteiger partial charge is 0.483 e. The third kappa shape index (κ3) is 5.21. The fraction of sp³-hybridized carbons (Fsp3) is 0.222. The number of anilines is 1. The van der Waals surface area contributed by atoms with Crippen molar-refractivity contribution in [1.82, 2.24) is 0 Å². The lowest BCUT2D eigenvalue weighted by atomic mass is 10.2. The number of hydrogen-bond donors (Lipinski definition) is 1. The molecule has 1 N–H and O–H groups in total. The topological polar surface area (TPSA) is 64.6 Å². The van der Waals surface area contributed by atoms with Gasteiger partial charge in [0.2, 0.25) is 0 Å². The van der Waals surface area contributed by atoms with Crippen LogP contribution in [0.5, 0.6) is 5.75 Å². The normalized spacial score (nSPS) is 10.2. The van der Waals surface area contributed by atoms with Crippen LogP contribution < -0.4 is 10.1 Å². The van der Waals surface area contributed by atoms with Crippen LogP contribution in [-0.2, 0) is 16.0 Å². The molecule has 0 radical (unpaired) electrons. The van der Waals surface area contributed by atoms with E-state index in [0.29, 0.717) is 22.0 Å². The van der Waals surface area contributed by atoms with E-state index in [1.165, 1.54) is 25.3 Å². The molecule has 2 aromatic carbocycles. The zero-order valence-electron chi connectivity index (χ0n) is 13.8. The first-order valence-electron chi connectivity index (χ1n) is 7.53. The minimum absolute atomic E-state index is 0.192. The van der Waals surface area contributed by atoms with Crippen LogP contribution in [0.2, 0.25) is 5.02 Å². The van der Waals surface area contributed by atoms with E-state index in [2.05, 4.69) is 32.9 Å². The van der Waals surface area contributed by atoms with Gasteiger partial charge in [0.1, 0.15) is 5.75 Å². The molecule has 132 valence electrons. The van der Waals surface area contributed by atoms with Gasteiger partial charge < -0.3 is 14.8 Å². The van der Waals surface area contributed by atoms with Crippen LogP contribution in [0.1, 0.15) is 22.8 Å². The maximum Gasteiger partial charge on any atom is 0.337 e. The molecule has 0 aliphatic rings. The number of methoxy groups -OCH3 is 1. The molecule has 0 saturated carbocycles. The summed E-state index contributed by atoms with van der Waals surface area (Å²) in [5.41, 5.74) is 1.77. The van der Waals surface area contributed by atoms with Gasteiger partial charge in [-0.25, -0.2) is 4.79 Å². The van der Waals surface area contributed by atoms with Gasteiger partial charge in [-0.2, -0.15) is 0 Å². The third-order valence-corrected chi connectivity index (χ3v) is 4.37. The standard InChI is InChI=1S/C18H17BrClNO4/c1-3-11-4-7-16(13(19)8-11)25-10-17(22)21-15-9-12(18(23)24-2)5-6-14(15)20/h4-9H,3,10H2,1-2H3,(H,21,22). The van der Waals surface area contributed by atoms with Gasteiger partial charge in [0.15, 0.2) is 6.61 Å². The van der Waals surface area contributed by atoms with E-state index in [1.807, 2.05) is 12.1 Å². The van der Waals surface area contributed by atoms with Crippen molar-refractivity contribution in [3.05, 3.63) is 57.0 Å². The van der Waals surface area contributed by atoms with E-state index in [0.717, 1.165) is 16.5 Å². The Morgan fingerprint density at radius 3 is 2.60 bits per heavy atom. The van der Waals surface area contributed by atoms with E-state index in [1.54, 1.807) is 6.07 Å². The first-order chi connectivity index (χ1) is 11.9. The summed E-state index contributed by atoms with van der Waals surface area (Å²) in [6.07, 6.45) is 0.911.